The Balaban J connectivity index is 1.41. The number of nitrogens with zero attached hydrogens (tertiary/aromatic N) is 6. The van der Waals surface area contributed by atoms with Crippen LogP contribution >= 0.6 is 11.3 Å². The lowest BCUT2D eigenvalue weighted by Gasteiger charge is -2.09. The molecule has 5 heterocycles. The van der Waals surface area contributed by atoms with Gasteiger partial charge in [-0.1, -0.05) is 0 Å². The van der Waals surface area contributed by atoms with E-state index in [1.165, 1.54) is 28.7 Å². The monoisotopic (exact) mass is 404 g/mol. The molecule has 1 aliphatic rings. The highest BCUT2D eigenvalue weighted by Crippen LogP contribution is 2.37. The second-order valence-electron chi connectivity index (χ2n) is 7.69. The molecule has 0 N–H and O–H groups in total. The quantitative estimate of drug-likeness (QED) is 0.447. The minimum Gasteiger partial charge on any atom is -0.456 e. The Morgan fingerprint density at radius 2 is 2.03 bits per heavy atom. The number of hydrogen-bond donors (Lipinski definition) is 0. The van der Waals surface area contributed by atoms with Crippen LogP contribution in [-0.4, -0.2) is 29.4 Å². The highest BCUT2D eigenvalue weighted by atomic mass is 32.1. The maximum Gasteiger partial charge on any atom is 0.217 e. The second-order valence-corrected chi connectivity index (χ2v) is 8.77. The van der Waals surface area contributed by atoms with Crippen molar-refractivity contribution in [2.24, 2.45) is 0 Å². The first kappa shape index (κ1) is 16.9. The minimum atomic E-state index is 0.592. The highest BCUT2D eigenvalue weighted by Gasteiger charge is 2.21. The molecule has 0 fully saturated rings. The van der Waals surface area contributed by atoms with Crippen LogP contribution in [0.5, 0.6) is 0 Å². The van der Waals surface area contributed by atoms with Gasteiger partial charge in [-0.15, -0.1) is 16.4 Å². The van der Waals surface area contributed by atoms with Gasteiger partial charge in [0.05, 0.1) is 17.6 Å². The minimum absolute atomic E-state index is 0.592. The summed E-state index contributed by atoms with van der Waals surface area (Å²) in [6.45, 7) is 4.64. The second kappa shape index (κ2) is 6.25. The molecule has 0 aromatic carbocycles. The molecular formula is C21H20N6OS. The zero-order valence-corrected chi connectivity index (χ0v) is 17.2. The molecule has 6 rings (SSSR count). The predicted octanol–water partition coefficient (Wildman–Crippen LogP) is 4.34. The van der Waals surface area contributed by atoms with Crippen molar-refractivity contribution in [3.8, 4) is 11.6 Å². The maximum atomic E-state index is 6.06. The SMILES string of the molecule is Cc1cc(C)n(Cc2ccc(-c3nc4c5c6c(sc5ncn4n3)CCCC6)o2)n1. The van der Waals surface area contributed by atoms with Gasteiger partial charge in [0.25, 0.3) is 0 Å². The van der Waals surface area contributed by atoms with Crippen LogP contribution in [0.15, 0.2) is 28.9 Å². The van der Waals surface area contributed by atoms with Crippen molar-refractivity contribution in [2.75, 3.05) is 0 Å². The van der Waals surface area contributed by atoms with Gasteiger partial charge in [0.15, 0.2) is 11.4 Å². The Labute approximate surface area is 171 Å². The molecular weight excluding hydrogens is 384 g/mol. The van der Waals surface area contributed by atoms with Gasteiger partial charge in [-0.25, -0.2) is 14.5 Å². The molecule has 5 aromatic heterocycles. The average Bonchev–Trinajstić information content (AvgIpc) is 3.46. The molecule has 0 amide bonds. The fourth-order valence-electron chi connectivity index (χ4n) is 4.22. The third kappa shape index (κ3) is 2.70. The average molecular weight is 404 g/mol. The number of aryl methyl sites for hydroxylation is 4. The molecule has 0 spiro atoms. The standard InChI is InChI=1S/C21H20N6OS/c1-12-9-13(2)26(24-12)10-14-7-8-16(28-14)19-23-20-18-15-5-3-4-6-17(15)29-21(18)22-11-27(20)25-19/h7-9,11H,3-6,10H2,1-2H3. The van der Waals surface area contributed by atoms with E-state index >= 15 is 0 Å². The summed E-state index contributed by atoms with van der Waals surface area (Å²) in [4.78, 5) is 12.0. The molecule has 0 unspecified atom stereocenters. The Morgan fingerprint density at radius 3 is 2.90 bits per heavy atom. The van der Waals surface area contributed by atoms with Gasteiger partial charge in [-0.3, -0.25) is 4.68 Å². The first-order valence-corrected chi connectivity index (χ1v) is 10.7. The van der Waals surface area contributed by atoms with Crippen LogP contribution in [0.2, 0.25) is 0 Å². The van der Waals surface area contributed by atoms with Crippen molar-refractivity contribution < 1.29 is 4.42 Å². The Hall–Kier alpha value is -3.00. The summed E-state index contributed by atoms with van der Waals surface area (Å²) in [6.07, 6.45) is 6.51. The number of aromatic nitrogens is 6. The summed E-state index contributed by atoms with van der Waals surface area (Å²) in [5.74, 6) is 2.10. The van der Waals surface area contributed by atoms with E-state index in [0.29, 0.717) is 18.1 Å². The molecule has 0 saturated heterocycles. The van der Waals surface area contributed by atoms with Gasteiger partial charge < -0.3 is 4.42 Å². The molecule has 0 aliphatic heterocycles. The topological polar surface area (TPSA) is 74.0 Å². The number of hydrogen-bond acceptors (Lipinski definition) is 6. The zero-order chi connectivity index (χ0) is 19.5. The molecule has 0 atom stereocenters. The molecule has 0 saturated carbocycles. The lowest BCUT2D eigenvalue weighted by molar-refractivity contribution is 0.483. The lowest BCUT2D eigenvalue weighted by Crippen LogP contribution is -2.02. The van der Waals surface area contributed by atoms with Crippen LogP contribution in [0.25, 0.3) is 27.4 Å². The predicted molar refractivity (Wildman–Crippen MR) is 111 cm³/mol. The molecule has 1 aliphatic carbocycles. The zero-order valence-electron chi connectivity index (χ0n) is 16.3. The van der Waals surface area contributed by atoms with E-state index in [2.05, 4.69) is 21.2 Å². The largest absolute Gasteiger partial charge is 0.456 e. The summed E-state index contributed by atoms with van der Waals surface area (Å²) in [5, 5.41) is 10.3. The van der Waals surface area contributed by atoms with Crippen molar-refractivity contribution in [1.29, 1.82) is 0 Å². The Bertz CT molecular complexity index is 1370. The summed E-state index contributed by atoms with van der Waals surface area (Å²) in [7, 11) is 0. The maximum absolute atomic E-state index is 6.06. The van der Waals surface area contributed by atoms with Crippen LogP contribution in [0.1, 0.15) is 40.4 Å². The van der Waals surface area contributed by atoms with E-state index in [1.54, 1.807) is 22.2 Å². The Kier molecular flexibility index (Phi) is 3.64. The first-order valence-electron chi connectivity index (χ1n) is 9.91. The fraction of sp³-hybridized carbons (Fsp3) is 0.333. The third-order valence-corrected chi connectivity index (χ3v) is 6.78. The van der Waals surface area contributed by atoms with Gasteiger partial charge in [0.2, 0.25) is 5.82 Å². The normalized spacial score (nSPS) is 14.1. The van der Waals surface area contributed by atoms with Crippen LogP contribution < -0.4 is 0 Å². The van der Waals surface area contributed by atoms with E-state index in [9.17, 15) is 0 Å². The first-order chi connectivity index (χ1) is 14.2. The van der Waals surface area contributed by atoms with Crippen LogP contribution in [0.4, 0.5) is 0 Å². The molecule has 29 heavy (non-hydrogen) atoms. The molecule has 0 radical (unpaired) electrons. The number of rotatable bonds is 3. The van der Waals surface area contributed by atoms with Gasteiger partial charge >= 0.3 is 0 Å². The highest BCUT2D eigenvalue weighted by molar-refractivity contribution is 7.19. The van der Waals surface area contributed by atoms with Crippen LogP contribution in [0.3, 0.4) is 0 Å². The Morgan fingerprint density at radius 1 is 1.14 bits per heavy atom. The third-order valence-electron chi connectivity index (χ3n) is 5.58. The van der Waals surface area contributed by atoms with Crippen molar-refractivity contribution in [3.05, 3.63) is 52.1 Å². The van der Waals surface area contributed by atoms with Gasteiger partial charge in [-0.2, -0.15) is 5.10 Å². The molecule has 8 heteroatoms. The fourth-order valence-corrected chi connectivity index (χ4v) is 5.45. The van der Waals surface area contributed by atoms with Crippen LogP contribution in [-0.2, 0) is 19.4 Å². The van der Waals surface area contributed by atoms with Crippen molar-refractivity contribution in [3.63, 3.8) is 0 Å². The number of thiophene rings is 1. The van der Waals surface area contributed by atoms with Crippen molar-refractivity contribution in [1.82, 2.24) is 29.4 Å². The summed E-state index contributed by atoms with van der Waals surface area (Å²) < 4.78 is 9.78. The summed E-state index contributed by atoms with van der Waals surface area (Å²) >= 11 is 1.80. The van der Waals surface area contributed by atoms with E-state index in [0.717, 1.165) is 40.5 Å². The van der Waals surface area contributed by atoms with Crippen LogP contribution in [0, 0.1) is 13.8 Å². The van der Waals surface area contributed by atoms with E-state index in [1.807, 2.05) is 30.7 Å². The summed E-state index contributed by atoms with van der Waals surface area (Å²) in [5.41, 5.74) is 4.41. The van der Waals surface area contributed by atoms with Gasteiger partial charge in [-0.05, 0) is 63.3 Å². The van der Waals surface area contributed by atoms with Gasteiger partial charge in [0.1, 0.15) is 16.9 Å². The number of fused-ring (bicyclic) bond motifs is 5. The lowest BCUT2D eigenvalue weighted by atomic mass is 9.97. The smallest absolute Gasteiger partial charge is 0.217 e. The molecule has 7 nitrogen and oxygen atoms in total. The van der Waals surface area contributed by atoms with Crippen molar-refractivity contribution in [2.45, 2.75) is 46.1 Å². The molecule has 146 valence electrons. The molecule has 0 bridgehead atoms. The number of furan rings is 1. The van der Waals surface area contributed by atoms with Gasteiger partial charge in [0, 0.05) is 10.6 Å². The summed E-state index contributed by atoms with van der Waals surface area (Å²) in [6, 6.07) is 5.97. The van der Waals surface area contributed by atoms with Crippen molar-refractivity contribution >= 4 is 27.2 Å². The van der Waals surface area contributed by atoms with E-state index < -0.39 is 0 Å². The van der Waals surface area contributed by atoms with E-state index in [4.69, 9.17) is 9.40 Å². The van der Waals surface area contributed by atoms with E-state index in [-0.39, 0.29) is 0 Å². The molecule has 5 aromatic rings.